The van der Waals surface area contributed by atoms with Crippen molar-refractivity contribution >= 4 is 0 Å². The molecular weight excluding hydrogens is 224 g/mol. The van der Waals surface area contributed by atoms with Crippen LogP contribution in [0.1, 0.15) is 42.3 Å². The Morgan fingerprint density at radius 1 is 1.17 bits per heavy atom. The summed E-state index contributed by atoms with van der Waals surface area (Å²) in [5, 5.41) is 17.1. The van der Waals surface area contributed by atoms with Crippen LogP contribution >= 0.6 is 0 Å². The molecule has 0 aliphatic heterocycles. The van der Waals surface area contributed by atoms with Crippen molar-refractivity contribution in [3.05, 3.63) is 40.7 Å². The Morgan fingerprint density at radius 2 is 1.78 bits per heavy atom. The number of benzene rings is 1. The zero-order valence-electron chi connectivity index (χ0n) is 11.1. The summed E-state index contributed by atoms with van der Waals surface area (Å²) in [4.78, 5) is 0. The van der Waals surface area contributed by atoms with Gasteiger partial charge in [-0.25, -0.2) is 4.68 Å². The SMILES string of the molecule is Cc1cc(C)cc(-n2nnc(C#N)c2C(C)C)c1. The van der Waals surface area contributed by atoms with Gasteiger partial charge in [-0.2, -0.15) is 5.26 Å². The van der Waals surface area contributed by atoms with Crippen molar-refractivity contribution in [2.45, 2.75) is 33.6 Å². The fraction of sp³-hybridized carbons (Fsp3) is 0.357. The molecule has 2 rings (SSSR count). The van der Waals surface area contributed by atoms with Crippen molar-refractivity contribution in [1.29, 1.82) is 5.26 Å². The van der Waals surface area contributed by atoms with Gasteiger partial charge in [-0.05, 0) is 43.0 Å². The van der Waals surface area contributed by atoms with E-state index < -0.39 is 0 Å². The Balaban J connectivity index is 2.64. The molecule has 0 unspecified atom stereocenters. The molecule has 92 valence electrons. The summed E-state index contributed by atoms with van der Waals surface area (Å²) >= 11 is 0. The normalized spacial score (nSPS) is 10.7. The van der Waals surface area contributed by atoms with E-state index in [0.29, 0.717) is 5.69 Å². The largest absolute Gasteiger partial charge is 0.216 e. The van der Waals surface area contributed by atoms with E-state index in [1.54, 1.807) is 4.68 Å². The molecular formula is C14H16N4. The van der Waals surface area contributed by atoms with Crippen molar-refractivity contribution in [2.75, 3.05) is 0 Å². The van der Waals surface area contributed by atoms with E-state index >= 15 is 0 Å². The van der Waals surface area contributed by atoms with Crippen molar-refractivity contribution < 1.29 is 0 Å². The smallest absolute Gasteiger partial charge is 0.186 e. The van der Waals surface area contributed by atoms with Gasteiger partial charge in [0.2, 0.25) is 0 Å². The van der Waals surface area contributed by atoms with Crippen LogP contribution in [0.5, 0.6) is 0 Å². The molecule has 1 heterocycles. The third-order valence-electron chi connectivity index (χ3n) is 2.81. The molecule has 2 aromatic rings. The molecule has 0 aliphatic carbocycles. The van der Waals surface area contributed by atoms with Crippen molar-refractivity contribution in [3.63, 3.8) is 0 Å². The van der Waals surface area contributed by atoms with Crippen LogP contribution in [0.2, 0.25) is 0 Å². The first kappa shape index (κ1) is 12.3. The van der Waals surface area contributed by atoms with Crippen LogP contribution in [-0.2, 0) is 0 Å². The van der Waals surface area contributed by atoms with Gasteiger partial charge in [-0.15, -0.1) is 5.10 Å². The number of aromatic nitrogens is 3. The number of hydrogen-bond acceptors (Lipinski definition) is 3. The first-order chi connectivity index (χ1) is 8.52. The van der Waals surface area contributed by atoms with Crippen LogP contribution in [0.15, 0.2) is 18.2 Å². The highest BCUT2D eigenvalue weighted by molar-refractivity contribution is 5.42. The summed E-state index contributed by atoms with van der Waals surface area (Å²) < 4.78 is 1.77. The number of aryl methyl sites for hydroxylation is 2. The Kier molecular flexibility index (Phi) is 3.15. The minimum Gasteiger partial charge on any atom is -0.216 e. The molecule has 0 N–H and O–H groups in total. The summed E-state index contributed by atoms with van der Waals surface area (Å²) in [6.45, 7) is 8.18. The van der Waals surface area contributed by atoms with Crippen LogP contribution in [0.4, 0.5) is 0 Å². The van der Waals surface area contributed by atoms with Crippen LogP contribution in [0.3, 0.4) is 0 Å². The van der Waals surface area contributed by atoms with Crippen LogP contribution < -0.4 is 0 Å². The standard InChI is InChI=1S/C14H16N4/c1-9(2)14-13(8-15)16-17-18(14)12-6-10(3)5-11(4)7-12/h5-7,9H,1-4H3. The summed E-state index contributed by atoms with van der Waals surface area (Å²) in [5.74, 6) is 0.204. The molecule has 0 radical (unpaired) electrons. The Hall–Kier alpha value is -2.15. The summed E-state index contributed by atoms with van der Waals surface area (Å²) in [7, 11) is 0. The topological polar surface area (TPSA) is 54.5 Å². The fourth-order valence-electron chi connectivity index (χ4n) is 2.15. The van der Waals surface area contributed by atoms with E-state index in [1.807, 2.05) is 27.7 Å². The van der Waals surface area contributed by atoms with Crippen molar-refractivity contribution in [2.24, 2.45) is 0 Å². The van der Waals surface area contributed by atoms with Gasteiger partial charge < -0.3 is 0 Å². The molecule has 4 nitrogen and oxygen atoms in total. The van der Waals surface area contributed by atoms with Crippen LogP contribution in [0, 0.1) is 25.2 Å². The third kappa shape index (κ3) is 2.12. The van der Waals surface area contributed by atoms with Crippen LogP contribution in [0.25, 0.3) is 5.69 Å². The lowest BCUT2D eigenvalue weighted by Gasteiger charge is -2.10. The highest BCUT2D eigenvalue weighted by Crippen LogP contribution is 2.22. The predicted octanol–water partition coefficient (Wildman–Crippen LogP) is 2.88. The first-order valence-electron chi connectivity index (χ1n) is 5.97. The Bertz CT molecular complexity index is 597. The average molecular weight is 240 g/mol. The lowest BCUT2D eigenvalue weighted by atomic mass is 10.1. The molecule has 0 saturated carbocycles. The second kappa shape index (κ2) is 4.61. The average Bonchev–Trinajstić information content (AvgIpc) is 2.71. The molecule has 0 amide bonds. The van der Waals surface area contributed by atoms with Crippen molar-refractivity contribution in [3.8, 4) is 11.8 Å². The third-order valence-corrected chi connectivity index (χ3v) is 2.81. The van der Waals surface area contributed by atoms with Gasteiger partial charge in [-0.1, -0.05) is 25.1 Å². The molecule has 0 bridgehead atoms. The highest BCUT2D eigenvalue weighted by atomic mass is 15.4. The minimum atomic E-state index is 0.204. The predicted molar refractivity (Wildman–Crippen MR) is 69.6 cm³/mol. The number of rotatable bonds is 2. The van der Waals surface area contributed by atoms with E-state index in [4.69, 9.17) is 5.26 Å². The second-order valence-corrected chi connectivity index (χ2v) is 4.85. The van der Waals surface area contributed by atoms with Gasteiger partial charge in [-0.3, -0.25) is 0 Å². The molecule has 1 aromatic carbocycles. The molecule has 18 heavy (non-hydrogen) atoms. The summed E-state index contributed by atoms with van der Waals surface area (Å²) in [6.07, 6.45) is 0. The number of nitrogens with zero attached hydrogens (tertiary/aromatic N) is 4. The molecule has 0 fully saturated rings. The van der Waals surface area contributed by atoms with E-state index in [2.05, 4.69) is 34.6 Å². The zero-order chi connectivity index (χ0) is 13.3. The van der Waals surface area contributed by atoms with E-state index in [-0.39, 0.29) is 5.92 Å². The molecule has 4 heteroatoms. The number of nitriles is 1. The molecule has 0 aliphatic rings. The number of hydrogen-bond donors (Lipinski definition) is 0. The maximum Gasteiger partial charge on any atom is 0.186 e. The Morgan fingerprint density at radius 3 is 2.28 bits per heavy atom. The lowest BCUT2D eigenvalue weighted by Crippen LogP contribution is -2.05. The van der Waals surface area contributed by atoms with Gasteiger partial charge in [0.25, 0.3) is 0 Å². The summed E-state index contributed by atoms with van der Waals surface area (Å²) in [5.41, 5.74) is 4.58. The molecule has 0 saturated heterocycles. The lowest BCUT2D eigenvalue weighted by molar-refractivity contribution is 0.714. The van der Waals surface area contributed by atoms with Gasteiger partial charge in [0, 0.05) is 0 Å². The van der Waals surface area contributed by atoms with Gasteiger partial charge in [0.05, 0.1) is 11.4 Å². The van der Waals surface area contributed by atoms with E-state index in [1.165, 1.54) is 11.1 Å². The maximum absolute atomic E-state index is 9.07. The van der Waals surface area contributed by atoms with Gasteiger partial charge in [0.15, 0.2) is 5.69 Å². The fourth-order valence-corrected chi connectivity index (χ4v) is 2.15. The monoisotopic (exact) mass is 240 g/mol. The molecule has 1 aromatic heterocycles. The van der Waals surface area contributed by atoms with E-state index in [9.17, 15) is 0 Å². The van der Waals surface area contributed by atoms with Gasteiger partial charge >= 0.3 is 0 Å². The molecule has 0 spiro atoms. The molecule has 0 atom stereocenters. The second-order valence-electron chi connectivity index (χ2n) is 4.85. The van der Waals surface area contributed by atoms with Crippen LogP contribution in [-0.4, -0.2) is 15.0 Å². The highest BCUT2D eigenvalue weighted by Gasteiger charge is 2.17. The van der Waals surface area contributed by atoms with E-state index in [0.717, 1.165) is 11.4 Å². The maximum atomic E-state index is 9.07. The quantitative estimate of drug-likeness (QED) is 0.811. The van der Waals surface area contributed by atoms with Gasteiger partial charge in [0.1, 0.15) is 6.07 Å². The minimum absolute atomic E-state index is 0.204. The summed E-state index contributed by atoms with van der Waals surface area (Å²) in [6, 6.07) is 8.31. The first-order valence-corrected chi connectivity index (χ1v) is 5.97. The zero-order valence-corrected chi connectivity index (χ0v) is 11.1. The van der Waals surface area contributed by atoms with Crippen molar-refractivity contribution in [1.82, 2.24) is 15.0 Å². The Labute approximate surface area is 107 Å².